The molecule has 1 N–H and O–H groups in total. The summed E-state index contributed by atoms with van der Waals surface area (Å²) in [4.78, 5) is 4.28. The molecule has 3 rings (SSSR count). The van der Waals surface area contributed by atoms with Crippen molar-refractivity contribution in [2.75, 3.05) is 5.43 Å². The molecule has 0 amide bonds. The van der Waals surface area contributed by atoms with Crippen molar-refractivity contribution >= 4 is 11.5 Å². The quantitative estimate of drug-likeness (QED) is 0.814. The van der Waals surface area contributed by atoms with Gasteiger partial charge in [-0.15, -0.1) is 0 Å². The summed E-state index contributed by atoms with van der Waals surface area (Å²) in [6, 6.07) is 5.90. The van der Waals surface area contributed by atoms with Crippen LogP contribution in [-0.4, -0.2) is 10.7 Å². The number of hydrogen-bond acceptors (Lipinski definition) is 3. The Labute approximate surface area is 121 Å². The van der Waals surface area contributed by atoms with Crippen LogP contribution >= 0.6 is 0 Å². The predicted molar refractivity (Wildman–Crippen MR) is 83.8 cm³/mol. The molecule has 0 saturated heterocycles. The number of anilines is 1. The first-order valence-corrected chi connectivity index (χ1v) is 8.17. The van der Waals surface area contributed by atoms with Crippen LogP contribution in [0.2, 0.25) is 0 Å². The van der Waals surface area contributed by atoms with E-state index in [1.165, 1.54) is 63.5 Å². The van der Waals surface area contributed by atoms with Gasteiger partial charge in [-0.2, -0.15) is 5.10 Å². The predicted octanol–water partition coefficient (Wildman–Crippen LogP) is 4.62. The van der Waals surface area contributed by atoms with E-state index in [2.05, 4.69) is 10.4 Å². The first-order valence-electron chi connectivity index (χ1n) is 8.17. The second kappa shape index (κ2) is 6.87. The van der Waals surface area contributed by atoms with E-state index in [9.17, 15) is 0 Å². The highest BCUT2D eigenvalue weighted by atomic mass is 15.3. The molecule has 0 spiro atoms. The van der Waals surface area contributed by atoms with Crippen molar-refractivity contribution in [3.05, 3.63) is 24.4 Å². The number of hydrazone groups is 1. The van der Waals surface area contributed by atoms with Gasteiger partial charge in [0, 0.05) is 17.8 Å². The van der Waals surface area contributed by atoms with Crippen molar-refractivity contribution in [3.8, 4) is 0 Å². The van der Waals surface area contributed by atoms with E-state index in [0.29, 0.717) is 0 Å². The molecule has 1 unspecified atom stereocenters. The summed E-state index contributed by atoms with van der Waals surface area (Å²) in [6.07, 6.45) is 14.1. The summed E-state index contributed by atoms with van der Waals surface area (Å²) in [5.74, 6) is 2.46. The van der Waals surface area contributed by atoms with Gasteiger partial charge in [0.05, 0.1) is 0 Å². The Balaban J connectivity index is 1.68. The van der Waals surface area contributed by atoms with Crippen LogP contribution in [0.1, 0.15) is 57.8 Å². The number of aromatic nitrogens is 1. The van der Waals surface area contributed by atoms with Gasteiger partial charge in [0.1, 0.15) is 5.82 Å². The highest BCUT2D eigenvalue weighted by Crippen LogP contribution is 2.37. The topological polar surface area (TPSA) is 37.3 Å². The summed E-state index contributed by atoms with van der Waals surface area (Å²) >= 11 is 0. The number of hydrogen-bond donors (Lipinski definition) is 1. The third kappa shape index (κ3) is 3.38. The Morgan fingerprint density at radius 3 is 2.65 bits per heavy atom. The van der Waals surface area contributed by atoms with Crippen molar-refractivity contribution in [3.63, 3.8) is 0 Å². The molecule has 2 saturated carbocycles. The maximum Gasteiger partial charge on any atom is 0.146 e. The highest BCUT2D eigenvalue weighted by Gasteiger charge is 2.29. The SMILES string of the molecule is c1ccc(N/N=C2\CCCCC2C2CCCCC2)nc1. The molecule has 1 atom stereocenters. The molecule has 108 valence electrons. The zero-order valence-electron chi connectivity index (χ0n) is 12.2. The summed E-state index contributed by atoms with van der Waals surface area (Å²) in [5.41, 5.74) is 4.56. The fourth-order valence-electron chi connectivity index (χ4n) is 3.76. The van der Waals surface area contributed by atoms with Crippen LogP contribution in [0.15, 0.2) is 29.5 Å². The fraction of sp³-hybridized carbons (Fsp3) is 0.647. The lowest BCUT2D eigenvalue weighted by Crippen LogP contribution is -2.29. The van der Waals surface area contributed by atoms with Crippen LogP contribution in [0.5, 0.6) is 0 Å². The molecule has 2 aliphatic carbocycles. The molecule has 0 aromatic carbocycles. The lowest BCUT2D eigenvalue weighted by Gasteiger charge is -2.33. The zero-order valence-corrected chi connectivity index (χ0v) is 12.2. The molecule has 2 fully saturated rings. The molecule has 1 aromatic rings. The minimum absolute atomic E-state index is 0.722. The van der Waals surface area contributed by atoms with Gasteiger partial charge in [0.15, 0.2) is 0 Å². The van der Waals surface area contributed by atoms with Crippen LogP contribution in [0, 0.1) is 11.8 Å². The summed E-state index contributed by atoms with van der Waals surface area (Å²) in [6.45, 7) is 0. The molecule has 20 heavy (non-hydrogen) atoms. The van der Waals surface area contributed by atoms with Gasteiger partial charge < -0.3 is 0 Å². The monoisotopic (exact) mass is 271 g/mol. The Morgan fingerprint density at radius 2 is 1.85 bits per heavy atom. The van der Waals surface area contributed by atoms with Gasteiger partial charge in [0.2, 0.25) is 0 Å². The van der Waals surface area contributed by atoms with Crippen molar-refractivity contribution in [1.82, 2.24) is 4.98 Å². The van der Waals surface area contributed by atoms with Crippen LogP contribution in [0.25, 0.3) is 0 Å². The Hall–Kier alpha value is -1.38. The molecule has 3 nitrogen and oxygen atoms in total. The van der Waals surface area contributed by atoms with Gasteiger partial charge in [-0.05, 0) is 50.2 Å². The van der Waals surface area contributed by atoms with Crippen molar-refractivity contribution in [1.29, 1.82) is 0 Å². The van der Waals surface area contributed by atoms with Gasteiger partial charge in [-0.25, -0.2) is 4.98 Å². The Morgan fingerprint density at radius 1 is 1.00 bits per heavy atom. The molecule has 1 heterocycles. The Kier molecular flexibility index (Phi) is 4.67. The van der Waals surface area contributed by atoms with Gasteiger partial charge in [-0.3, -0.25) is 5.43 Å². The lowest BCUT2D eigenvalue weighted by atomic mass is 9.72. The maximum absolute atomic E-state index is 4.71. The van der Waals surface area contributed by atoms with E-state index in [0.717, 1.165) is 17.7 Å². The van der Waals surface area contributed by atoms with E-state index in [1.807, 2.05) is 24.4 Å². The molecule has 0 radical (unpaired) electrons. The third-order valence-electron chi connectivity index (χ3n) is 4.82. The third-order valence-corrected chi connectivity index (χ3v) is 4.82. The molecule has 0 aliphatic heterocycles. The van der Waals surface area contributed by atoms with Crippen LogP contribution < -0.4 is 5.43 Å². The summed E-state index contributed by atoms with van der Waals surface area (Å²) in [7, 11) is 0. The van der Waals surface area contributed by atoms with E-state index >= 15 is 0 Å². The average Bonchev–Trinajstić information content (AvgIpc) is 2.55. The molecular formula is C17H25N3. The summed E-state index contributed by atoms with van der Waals surface area (Å²) < 4.78 is 0. The van der Waals surface area contributed by atoms with E-state index in [-0.39, 0.29) is 0 Å². The van der Waals surface area contributed by atoms with Crippen LogP contribution in [-0.2, 0) is 0 Å². The minimum atomic E-state index is 0.722. The van der Waals surface area contributed by atoms with E-state index in [4.69, 9.17) is 5.10 Å². The van der Waals surface area contributed by atoms with Crippen molar-refractivity contribution in [2.24, 2.45) is 16.9 Å². The molecule has 0 bridgehead atoms. The highest BCUT2D eigenvalue weighted by molar-refractivity contribution is 5.88. The van der Waals surface area contributed by atoms with Crippen molar-refractivity contribution in [2.45, 2.75) is 57.8 Å². The fourth-order valence-corrected chi connectivity index (χ4v) is 3.76. The van der Waals surface area contributed by atoms with Crippen LogP contribution in [0.4, 0.5) is 5.82 Å². The van der Waals surface area contributed by atoms with Gasteiger partial charge in [-0.1, -0.05) is 31.7 Å². The van der Waals surface area contributed by atoms with Gasteiger partial charge in [0.25, 0.3) is 0 Å². The first kappa shape index (κ1) is 13.6. The number of nitrogens with one attached hydrogen (secondary N) is 1. The lowest BCUT2D eigenvalue weighted by molar-refractivity contribution is 0.274. The second-order valence-electron chi connectivity index (χ2n) is 6.18. The second-order valence-corrected chi connectivity index (χ2v) is 6.18. The minimum Gasteiger partial charge on any atom is -0.261 e. The number of nitrogens with zero attached hydrogens (tertiary/aromatic N) is 2. The molecular weight excluding hydrogens is 246 g/mol. The maximum atomic E-state index is 4.71. The first-order chi connectivity index (χ1) is 9.93. The molecule has 1 aromatic heterocycles. The van der Waals surface area contributed by atoms with Crippen LogP contribution in [0.3, 0.4) is 0 Å². The molecule has 2 aliphatic rings. The summed E-state index contributed by atoms with van der Waals surface area (Å²) in [5, 5.41) is 4.71. The molecule has 3 heteroatoms. The van der Waals surface area contributed by atoms with E-state index in [1.54, 1.807) is 0 Å². The van der Waals surface area contributed by atoms with E-state index < -0.39 is 0 Å². The standard InChI is InChI=1S/C17H25N3/c1-2-8-14(9-3-1)15-10-4-5-11-16(15)19-20-17-12-6-7-13-18-17/h6-7,12-15H,1-5,8-11H2,(H,18,20)/b19-16+. The smallest absolute Gasteiger partial charge is 0.146 e. The zero-order chi connectivity index (χ0) is 13.6. The number of pyridine rings is 1. The average molecular weight is 271 g/mol. The van der Waals surface area contributed by atoms with Gasteiger partial charge >= 0.3 is 0 Å². The largest absolute Gasteiger partial charge is 0.261 e. The normalized spacial score (nSPS) is 26.6. The van der Waals surface area contributed by atoms with Crippen molar-refractivity contribution < 1.29 is 0 Å². The number of rotatable bonds is 3. The Bertz CT molecular complexity index is 435.